The van der Waals surface area contributed by atoms with Crippen molar-refractivity contribution in [1.29, 1.82) is 0 Å². The predicted octanol–water partition coefficient (Wildman–Crippen LogP) is 5.78. The average Bonchev–Trinajstić information content (AvgIpc) is 3.55. The number of nitrogens with one attached hydrogen (secondary N) is 1. The van der Waals surface area contributed by atoms with Crippen LogP contribution in [0.5, 0.6) is 11.5 Å². The topological polar surface area (TPSA) is 205 Å². The summed E-state index contributed by atoms with van der Waals surface area (Å²) in [4.78, 5) is 67.7. The van der Waals surface area contributed by atoms with Crippen LogP contribution in [0.25, 0.3) is 0 Å². The fourth-order valence-electron chi connectivity index (χ4n) is 9.07. The number of nitrogens with zero attached hydrogens (tertiary/aromatic N) is 5. The number of aliphatic hydroxyl groups excluding tert-OH is 2. The van der Waals surface area contributed by atoms with Gasteiger partial charge in [0.2, 0.25) is 10.9 Å². The van der Waals surface area contributed by atoms with E-state index in [9.17, 15) is 39.3 Å². The molecule has 1 aliphatic carbocycles. The second-order valence-corrected chi connectivity index (χ2v) is 24.3. The fraction of sp³-hybridized carbons (Fsp3) is 0.327. The van der Waals surface area contributed by atoms with Gasteiger partial charge in [0, 0.05) is 31.1 Å². The lowest BCUT2D eigenvalue weighted by atomic mass is 9.93. The van der Waals surface area contributed by atoms with Crippen LogP contribution < -0.4 is 26.0 Å². The number of amides is 2. The number of fused-ring (bicyclic) bond motifs is 4. The van der Waals surface area contributed by atoms with Crippen LogP contribution in [0.1, 0.15) is 86.0 Å². The predicted molar refractivity (Wildman–Crippen MR) is 277 cm³/mol. The van der Waals surface area contributed by atoms with Crippen molar-refractivity contribution in [3.05, 3.63) is 199 Å². The van der Waals surface area contributed by atoms with Crippen molar-refractivity contribution in [2.75, 3.05) is 50.0 Å². The first kappa shape index (κ1) is 51.8. The highest BCUT2D eigenvalue weighted by molar-refractivity contribution is 6.74. The van der Waals surface area contributed by atoms with E-state index in [1.54, 1.807) is 24.3 Å². The number of carbonyl (C=O) groups is 3. The molecule has 6 aromatic rings. The molecule has 3 aliphatic rings. The number of benzene rings is 4. The lowest BCUT2D eigenvalue weighted by Gasteiger charge is -2.49. The molecule has 18 heteroatoms. The molecule has 2 unspecified atom stereocenters. The van der Waals surface area contributed by atoms with Gasteiger partial charge in [-0.05, 0) is 70.9 Å². The summed E-state index contributed by atoms with van der Waals surface area (Å²) in [6.45, 7) is 10.4. The maximum Gasteiger partial charge on any atom is 0.338 e. The molecular formula is C55H62N6O11Si. The SMILES string of the molecule is CC(C)(C)[Si](C)(C)OCC1Nn2ccc(=O)c(OCc3ccccc3)c2C(=O)N1CCOC(=O)c1ccccc1.O=C1c2c(O)c(=O)ccn2N(C2c3ccccc3CCc3ccccc32)C(CO)N1CCO. The molecular weight excluding hydrogens is 949 g/mol. The number of pyridine rings is 2. The van der Waals surface area contributed by atoms with Crippen LogP contribution in [-0.4, -0.2) is 112 Å². The first-order valence-corrected chi connectivity index (χ1v) is 27.2. The molecule has 4 heterocycles. The monoisotopic (exact) mass is 1010 g/mol. The van der Waals surface area contributed by atoms with Gasteiger partial charge in [0.05, 0.1) is 38.0 Å². The summed E-state index contributed by atoms with van der Waals surface area (Å²) in [5.74, 6) is -2.21. The number of aromatic nitrogens is 2. The quantitative estimate of drug-likeness (QED) is 0.0756. The van der Waals surface area contributed by atoms with Gasteiger partial charge >= 0.3 is 5.97 Å². The summed E-state index contributed by atoms with van der Waals surface area (Å²) in [6.07, 6.45) is 3.27. The molecule has 0 bridgehead atoms. The molecule has 2 atom stereocenters. The van der Waals surface area contributed by atoms with Crippen LogP contribution in [0.4, 0.5) is 0 Å². The normalized spacial score (nSPS) is 16.5. The second-order valence-electron chi connectivity index (χ2n) is 19.5. The Kier molecular flexibility index (Phi) is 15.7. The van der Waals surface area contributed by atoms with E-state index in [4.69, 9.17) is 13.9 Å². The van der Waals surface area contributed by atoms with Gasteiger partial charge in [0.25, 0.3) is 11.8 Å². The van der Waals surface area contributed by atoms with E-state index >= 15 is 0 Å². The third-order valence-corrected chi connectivity index (χ3v) is 18.5. The van der Waals surface area contributed by atoms with Crippen LogP contribution in [0.3, 0.4) is 0 Å². The standard InChI is InChI=1S/C30H37N3O6Si.C25H25N3O5/c1-30(2,3)40(4,5)39-21-25-31-33-17-16-24(34)27(38-20-22-12-8-6-9-13-22)26(33)28(35)32(25)18-19-37-29(36)23-14-10-7-11-15-23;29-14-13-26-21(15-30)28(27-12-11-20(31)24(32)23(27)25(26)33)22-18-7-3-1-5-16(18)9-10-17-6-2-4-8-19(17)22/h6-17,25,31H,18-21H2,1-5H3;1-8,11-12,21-22,29-30,32H,9-10,13-15H2. The molecule has 382 valence electrons. The van der Waals surface area contributed by atoms with Crippen molar-refractivity contribution in [3.8, 4) is 11.5 Å². The Morgan fingerprint density at radius 2 is 1.32 bits per heavy atom. The smallest absolute Gasteiger partial charge is 0.338 e. The number of carbonyl (C=O) groups excluding carboxylic acids is 3. The first-order chi connectivity index (χ1) is 35.0. The Morgan fingerprint density at radius 1 is 0.726 bits per heavy atom. The van der Waals surface area contributed by atoms with E-state index in [1.165, 1.54) is 43.7 Å². The summed E-state index contributed by atoms with van der Waals surface area (Å²) in [5, 5.41) is 32.5. The molecule has 0 spiro atoms. The Labute approximate surface area is 424 Å². The zero-order valence-electron chi connectivity index (χ0n) is 41.6. The maximum absolute atomic E-state index is 13.9. The summed E-state index contributed by atoms with van der Waals surface area (Å²) in [6, 6.07) is 36.4. The Hall–Kier alpha value is -7.51. The molecule has 9 rings (SSSR count). The van der Waals surface area contributed by atoms with Crippen molar-refractivity contribution < 1.29 is 43.6 Å². The molecule has 4 N–H and O–H groups in total. The number of aliphatic hydroxyl groups is 2. The van der Waals surface area contributed by atoms with Crippen molar-refractivity contribution in [1.82, 2.24) is 19.2 Å². The van der Waals surface area contributed by atoms with Crippen LogP contribution >= 0.6 is 0 Å². The van der Waals surface area contributed by atoms with Crippen molar-refractivity contribution >= 4 is 26.1 Å². The number of hydrogen-bond donors (Lipinski definition) is 4. The summed E-state index contributed by atoms with van der Waals surface area (Å²) in [7, 11) is -2.14. The van der Waals surface area contributed by atoms with Gasteiger partial charge in [0.15, 0.2) is 31.2 Å². The Bertz CT molecular complexity index is 3020. The minimum Gasteiger partial charge on any atom is -0.502 e. The molecule has 2 aromatic heterocycles. The number of esters is 1. The van der Waals surface area contributed by atoms with Gasteiger partial charge < -0.3 is 44.4 Å². The van der Waals surface area contributed by atoms with E-state index < -0.39 is 67.7 Å². The van der Waals surface area contributed by atoms with E-state index in [-0.39, 0.29) is 61.7 Å². The van der Waals surface area contributed by atoms with Gasteiger partial charge in [-0.25, -0.2) is 4.79 Å². The lowest BCUT2D eigenvalue weighted by molar-refractivity contribution is 0.0339. The molecule has 4 aromatic carbocycles. The molecule has 17 nitrogen and oxygen atoms in total. The lowest BCUT2D eigenvalue weighted by Crippen LogP contribution is -2.64. The number of aryl methyl sites for hydroxylation is 2. The van der Waals surface area contributed by atoms with Crippen molar-refractivity contribution in [3.63, 3.8) is 0 Å². The molecule has 0 radical (unpaired) electrons. The highest BCUT2D eigenvalue weighted by Gasteiger charge is 2.45. The molecule has 2 amide bonds. The Balaban J connectivity index is 0.000000198. The Morgan fingerprint density at radius 3 is 1.93 bits per heavy atom. The van der Waals surface area contributed by atoms with Gasteiger partial charge in [-0.1, -0.05) is 118 Å². The minimum atomic E-state index is -2.14. The van der Waals surface area contributed by atoms with Crippen LogP contribution in [-0.2, 0) is 28.6 Å². The second kappa shape index (κ2) is 22.1. The van der Waals surface area contributed by atoms with Crippen molar-refractivity contribution in [2.24, 2.45) is 0 Å². The number of rotatable bonds is 14. The first-order valence-electron chi connectivity index (χ1n) is 24.3. The minimum absolute atomic E-state index is 0.0251. The fourth-order valence-corrected chi connectivity index (χ4v) is 10.1. The summed E-state index contributed by atoms with van der Waals surface area (Å²) < 4.78 is 20.8. The van der Waals surface area contributed by atoms with E-state index in [0.717, 1.165) is 40.7 Å². The van der Waals surface area contributed by atoms with Gasteiger partial charge in [0.1, 0.15) is 25.5 Å². The molecule has 0 saturated heterocycles. The molecule has 0 saturated carbocycles. The maximum atomic E-state index is 13.9. The number of ether oxygens (including phenoxy) is 2. The highest BCUT2D eigenvalue weighted by Crippen LogP contribution is 2.40. The number of hydrogen-bond acceptors (Lipinski definition) is 13. The van der Waals surface area contributed by atoms with E-state index in [2.05, 4.69) is 51.4 Å². The third kappa shape index (κ3) is 10.8. The number of aromatic hydroxyl groups is 1. The zero-order valence-corrected chi connectivity index (χ0v) is 42.6. The zero-order chi connectivity index (χ0) is 52.0. The van der Waals surface area contributed by atoms with Crippen LogP contribution in [0.15, 0.2) is 143 Å². The third-order valence-electron chi connectivity index (χ3n) is 14.0. The summed E-state index contributed by atoms with van der Waals surface area (Å²) >= 11 is 0. The van der Waals surface area contributed by atoms with E-state index in [0.29, 0.717) is 5.56 Å². The highest BCUT2D eigenvalue weighted by atomic mass is 28.4. The molecule has 2 aliphatic heterocycles. The van der Waals surface area contributed by atoms with Gasteiger partial charge in [-0.2, -0.15) is 0 Å². The number of β-amino-alcohol motifs (C(OH)–C–C–N with tert-alkyl or cyclic N) is 1. The van der Waals surface area contributed by atoms with Crippen molar-refractivity contribution in [2.45, 2.75) is 76.7 Å². The van der Waals surface area contributed by atoms with Gasteiger partial charge in [-0.15, -0.1) is 0 Å². The van der Waals surface area contributed by atoms with Crippen LogP contribution in [0, 0.1) is 0 Å². The van der Waals surface area contributed by atoms with E-state index in [1.807, 2.05) is 77.8 Å². The summed E-state index contributed by atoms with van der Waals surface area (Å²) in [5.41, 5.74) is 7.76. The van der Waals surface area contributed by atoms with Gasteiger partial charge in [-0.3, -0.25) is 33.5 Å². The largest absolute Gasteiger partial charge is 0.502 e. The van der Waals surface area contributed by atoms with Crippen LogP contribution in [0.2, 0.25) is 18.1 Å². The molecule has 0 fully saturated rings. The average molecular weight is 1010 g/mol. The molecule has 73 heavy (non-hydrogen) atoms.